The summed E-state index contributed by atoms with van der Waals surface area (Å²) in [5, 5.41) is 8.13. The molecule has 0 spiro atoms. The van der Waals surface area contributed by atoms with Gasteiger partial charge in [-0.3, -0.25) is 4.79 Å². The number of nitrogens with one attached hydrogen (secondary N) is 3. The number of amides is 3. The van der Waals surface area contributed by atoms with E-state index in [9.17, 15) is 9.59 Å². The van der Waals surface area contributed by atoms with E-state index in [4.69, 9.17) is 4.74 Å². The lowest BCUT2D eigenvalue weighted by Gasteiger charge is -2.19. The summed E-state index contributed by atoms with van der Waals surface area (Å²) in [6, 6.07) is 14.6. The summed E-state index contributed by atoms with van der Waals surface area (Å²) in [6.45, 7) is 8.67. The number of anilines is 2. The van der Waals surface area contributed by atoms with Gasteiger partial charge in [-0.2, -0.15) is 0 Å². The fourth-order valence-electron chi connectivity index (χ4n) is 2.44. The Morgan fingerprint density at radius 1 is 0.963 bits per heavy atom. The number of hydrogen-bond donors (Lipinski definition) is 3. The standard InChI is InChI=1S/C21H27N3O3/c1-15(25)23-17-6-5-7-18(14-17)24-20(26)22-12-13-27-19-10-8-16(9-11-19)21(2,3)4/h5-11,14H,12-13H2,1-4H3,(H,23,25)(H2,22,24,26). The molecular formula is C21H27N3O3. The van der Waals surface area contributed by atoms with E-state index in [1.54, 1.807) is 24.3 Å². The molecule has 0 unspecified atom stereocenters. The molecule has 0 aromatic heterocycles. The van der Waals surface area contributed by atoms with Crippen molar-refractivity contribution in [3.63, 3.8) is 0 Å². The molecule has 0 aliphatic carbocycles. The van der Waals surface area contributed by atoms with E-state index in [0.29, 0.717) is 24.5 Å². The van der Waals surface area contributed by atoms with Gasteiger partial charge in [-0.05, 0) is 41.3 Å². The average molecular weight is 369 g/mol. The highest BCUT2D eigenvalue weighted by Gasteiger charge is 2.12. The third kappa shape index (κ3) is 7.01. The highest BCUT2D eigenvalue weighted by Crippen LogP contribution is 2.24. The summed E-state index contributed by atoms with van der Waals surface area (Å²) in [6.07, 6.45) is 0. The Labute approximate surface area is 160 Å². The molecule has 6 nitrogen and oxygen atoms in total. The number of carbonyl (C=O) groups is 2. The second kappa shape index (κ2) is 9.07. The van der Waals surface area contributed by atoms with Crippen molar-refractivity contribution < 1.29 is 14.3 Å². The van der Waals surface area contributed by atoms with Crippen molar-refractivity contribution in [1.29, 1.82) is 0 Å². The topological polar surface area (TPSA) is 79.5 Å². The summed E-state index contributed by atoms with van der Waals surface area (Å²) in [7, 11) is 0. The summed E-state index contributed by atoms with van der Waals surface area (Å²) >= 11 is 0. The third-order valence-electron chi connectivity index (χ3n) is 3.82. The van der Waals surface area contributed by atoms with Gasteiger partial charge in [0.05, 0.1) is 6.54 Å². The summed E-state index contributed by atoms with van der Waals surface area (Å²) in [5.41, 5.74) is 2.57. The molecule has 144 valence electrons. The van der Waals surface area contributed by atoms with Gasteiger partial charge in [0, 0.05) is 18.3 Å². The number of ether oxygens (including phenoxy) is 1. The van der Waals surface area contributed by atoms with Crippen LogP contribution < -0.4 is 20.7 Å². The smallest absolute Gasteiger partial charge is 0.319 e. The van der Waals surface area contributed by atoms with Crippen molar-refractivity contribution in [3.8, 4) is 5.75 Å². The lowest BCUT2D eigenvalue weighted by Crippen LogP contribution is -2.32. The van der Waals surface area contributed by atoms with Crippen LogP contribution in [0.1, 0.15) is 33.3 Å². The Kier molecular flexibility index (Phi) is 6.82. The Morgan fingerprint density at radius 2 is 1.59 bits per heavy atom. The van der Waals surface area contributed by atoms with Gasteiger partial charge in [0.15, 0.2) is 0 Å². The van der Waals surface area contributed by atoms with E-state index in [2.05, 4.69) is 48.9 Å². The van der Waals surface area contributed by atoms with Crippen molar-refractivity contribution in [2.75, 3.05) is 23.8 Å². The van der Waals surface area contributed by atoms with Crippen LogP contribution in [0.3, 0.4) is 0 Å². The van der Waals surface area contributed by atoms with Crippen LogP contribution in [-0.4, -0.2) is 25.1 Å². The average Bonchev–Trinajstić information content (AvgIpc) is 2.58. The van der Waals surface area contributed by atoms with Gasteiger partial charge in [-0.1, -0.05) is 39.0 Å². The quantitative estimate of drug-likeness (QED) is 0.670. The van der Waals surface area contributed by atoms with Crippen LogP contribution in [0.4, 0.5) is 16.2 Å². The molecule has 0 heterocycles. The zero-order valence-corrected chi connectivity index (χ0v) is 16.3. The van der Waals surface area contributed by atoms with E-state index in [1.807, 2.05) is 12.1 Å². The normalized spacial score (nSPS) is 10.8. The van der Waals surface area contributed by atoms with Crippen molar-refractivity contribution >= 4 is 23.3 Å². The van der Waals surface area contributed by atoms with Crippen molar-refractivity contribution in [2.45, 2.75) is 33.1 Å². The van der Waals surface area contributed by atoms with Crippen LogP contribution in [-0.2, 0) is 10.2 Å². The van der Waals surface area contributed by atoms with Crippen LogP contribution in [0, 0.1) is 0 Å². The zero-order chi connectivity index (χ0) is 19.9. The molecule has 0 saturated carbocycles. The Balaban J connectivity index is 1.74. The lowest BCUT2D eigenvalue weighted by atomic mass is 9.87. The molecule has 0 aliphatic rings. The van der Waals surface area contributed by atoms with Crippen molar-refractivity contribution in [2.24, 2.45) is 0 Å². The molecule has 0 atom stereocenters. The molecule has 0 saturated heterocycles. The molecule has 27 heavy (non-hydrogen) atoms. The largest absolute Gasteiger partial charge is 0.492 e. The van der Waals surface area contributed by atoms with Crippen LogP contribution in [0.5, 0.6) is 5.75 Å². The molecule has 0 bridgehead atoms. The van der Waals surface area contributed by atoms with Crippen molar-refractivity contribution in [3.05, 3.63) is 54.1 Å². The SMILES string of the molecule is CC(=O)Nc1cccc(NC(=O)NCCOc2ccc(C(C)(C)C)cc2)c1. The molecular weight excluding hydrogens is 342 g/mol. The van der Waals surface area contributed by atoms with E-state index in [-0.39, 0.29) is 17.4 Å². The fraction of sp³-hybridized carbons (Fsp3) is 0.333. The Bertz CT molecular complexity index is 780. The molecule has 2 aromatic rings. The predicted molar refractivity (Wildman–Crippen MR) is 108 cm³/mol. The summed E-state index contributed by atoms with van der Waals surface area (Å²) in [4.78, 5) is 23.0. The zero-order valence-electron chi connectivity index (χ0n) is 16.3. The van der Waals surface area contributed by atoms with Crippen molar-refractivity contribution in [1.82, 2.24) is 5.32 Å². The first kappa shape index (κ1) is 20.3. The minimum absolute atomic E-state index is 0.107. The molecule has 3 N–H and O–H groups in total. The molecule has 2 rings (SSSR count). The summed E-state index contributed by atoms with van der Waals surface area (Å²) < 4.78 is 5.65. The number of benzene rings is 2. The van der Waals surface area contributed by atoms with Gasteiger partial charge in [-0.25, -0.2) is 4.79 Å². The van der Waals surface area contributed by atoms with Gasteiger partial charge in [0.2, 0.25) is 5.91 Å². The van der Waals surface area contributed by atoms with Gasteiger partial charge >= 0.3 is 6.03 Å². The molecule has 0 fully saturated rings. The van der Waals surface area contributed by atoms with Crippen LogP contribution in [0.2, 0.25) is 0 Å². The van der Waals surface area contributed by atoms with E-state index in [1.165, 1.54) is 12.5 Å². The highest BCUT2D eigenvalue weighted by atomic mass is 16.5. The highest BCUT2D eigenvalue weighted by molar-refractivity contribution is 5.92. The summed E-state index contributed by atoms with van der Waals surface area (Å²) in [5.74, 6) is 0.609. The minimum Gasteiger partial charge on any atom is -0.492 e. The van der Waals surface area contributed by atoms with E-state index >= 15 is 0 Å². The molecule has 3 amide bonds. The first-order chi connectivity index (χ1) is 12.7. The van der Waals surface area contributed by atoms with Gasteiger partial charge in [0.1, 0.15) is 12.4 Å². The maximum Gasteiger partial charge on any atom is 0.319 e. The molecule has 0 radical (unpaired) electrons. The number of carbonyl (C=O) groups excluding carboxylic acids is 2. The van der Waals surface area contributed by atoms with Gasteiger partial charge in [-0.15, -0.1) is 0 Å². The monoisotopic (exact) mass is 369 g/mol. The molecule has 6 heteroatoms. The van der Waals surface area contributed by atoms with Crippen LogP contribution in [0.25, 0.3) is 0 Å². The number of urea groups is 1. The molecule has 2 aromatic carbocycles. The fourth-order valence-corrected chi connectivity index (χ4v) is 2.44. The van der Waals surface area contributed by atoms with Crippen LogP contribution in [0.15, 0.2) is 48.5 Å². The minimum atomic E-state index is -0.332. The van der Waals surface area contributed by atoms with Gasteiger partial charge < -0.3 is 20.7 Å². The predicted octanol–water partition coefficient (Wildman–Crippen LogP) is 4.14. The second-order valence-corrected chi connectivity index (χ2v) is 7.27. The van der Waals surface area contributed by atoms with E-state index in [0.717, 1.165) is 5.75 Å². The van der Waals surface area contributed by atoms with E-state index < -0.39 is 0 Å². The molecule has 0 aliphatic heterocycles. The maximum atomic E-state index is 11.9. The van der Waals surface area contributed by atoms with Crippen LogP contribution >= 0.6 is 0 Å². The number of rotatable bonds is 6. The lowest BCUT2D eigenvalue weighted by molar-refractivity contribution is -0.114. The number of hydrogen-bond acceptors (Lipinski definition) is 3. The third-order valence-corrected chi connectivity index (χ3v) is 3.82. The van der Waals surface area contributed by atoms with Gasteiger partial charge in [0.25, 0.3) is 0 Å². The first-order valence-corrected chi connectivity index (χ1v) is 8.90. The maximum absolute atomic E-state index is 11.9. The Hall–Kier alpha value is -3.02. The Morgan fingerprint density at radius 3 is 2.19 bits per heavy atom. The first-order valence-electron chi connectivity index (χ1n) is 8.90. The second-order valence-electron chi connectivity index (χ2n) is 7.27.